The molecule has 2 N–H and O–H groups in total. The van der Waals surface area contributed by atoms with Gasteiger partial charge in [-0.05, 0) is 42.2 Å². The number of carbonyl (C=O) groups excluding carboxylic acids is 1. The van der Waals surface area contributed by atoms with E-state index in [0.717, 1.165) is 10.5 Å². The van der Waals surface area contributed by atoms with Crippen LogP contribution in [-0.4, -0.2) is 23.8 Å². The molecule has 0 aliphatic heterocycles. The van der Waals surface area contributed by atoms with E-state index in [1.54, 1.807) is 36.0 Å². The number of aliphatic hydroxyl groups is 1. The van der Waals surface area contributed by atoms with Crippen molar-refractivity contribution in [1.29, 1.82) is 0 Å². The summed E-state index contributed by atoms with van der Waals surface area (Å²) >= 11 is 7.49. The van der Waals surface area contributed by atoms with E-state index < -0.39 is 6.10 Å². The normalized spacial score (nSPS) is 12.0. The SMILES string of the molecule is CSc1ccc([C@@H](O)CNC(=O)c2cccc(Cl)c2)cc1. The monoisotopic (exact) mass is 321 g/mol. The maximum Gasteiger partial charge on any atom is 0.251 e. The van der Waals surface area contributed by atoms with Crippen molar-refractivity contribution < 1.29 is 9.90 Å². The van der Waals surface area contributed by atoms with Crippen LogP contribution in [0.5, 0.6) is 0 Å². The highest BCUT2D eigenvalue weighted by Crippen LogP contribution is 2.19. The molecule has 2 aromatic carbocycles. The molecule has 3 nitrogen and oxygen atoms in total. The van der Waals surface area contributed by atoms with Crippen LogP contribution in [0.1, 0.15) is 22.0 Å². The number of amides is 1. The molecule has 2 rings (SSSR count). The van der Waals surface area contributed by atoms with Gasteiger partial charge < -0.3 is 10.4 Å². The Bertz CT molecular complexity index is 616. The molecule has 1 atom stereocenters. The van der Waals surface area contributed by atoms with Gasteiger partial charge in [-0.3, -0.25) is 4.79 Å². The summed E-state index contributed by atoms with van der Waals surface area (Å²) in [6.45, 7) is 0.157. The summed E-state index contributed by atoms with van der Waals surface area (Å²) in [5, 5.41) is 13.3. The first kappa shape index (κ1) is 15.9. The van der Waals surface area contributed by atoms with Gasteiger partial charge in [-0.1, -0.05) is 29.8 Å². The maximum absolute atomic E-state index is 11.9. The lowest BCUT2D eigenvalue weighted by molar-refractivity contribution is 0.0916. The third kappa shape index (κ3) is 4.49. The van der Waals surface area contributed by atoms with Gasteiger partial charge >= 0.3 is 0 Å². The zero-order chi connectivity index (χ0) is 15.2. The number of hydrogen-bond acceptors (Lipinski definition) is 3. The van der Waals surface area contributed by atoms with Gasteiger partial charge in [0.25, 0.3) is 5.91 Å². The van der Waals surface area contributed by atoms with Gasteiger partial charge in [-0.2, -0.15) is 0 Å². The number of aliphatic hydroxyl groups excluding tert-OH is 1. The second kappa shape index (κ2) is 7.50. The first-order valence-corrected chi connectivity index (χ1v) is 8.06. The molecule has 0 spiro atoms. The van der Waals surface area contributed by atoms with E-state index >= 15 is 0 Å². The molecule has 0 saturated carbocycles. The third-order valence-electron chi connectivity index (χ3n) is 3.04. The molecule has 0 bridgehead atoms. The van der Waals surface area contributed by atoms with Gasteiger partial charge in [0.05, 0.1) is 6.10 Å². The topological polar surface area (TPSA) is 49.3 Å². The first-order chi connectivity index (χ1) is 10.1. The van der Waals surface area contributed by atoms with Gasteiger partial charge in [-0.25, -0.2) is 0 Å². The average Bonchev–Trinajstić information content (AvgIpc) is 2.52. The van der Waals surface area contributed by atoms with Crippen LogP contribution in [0.4, 0.5) is 0 Å². The summed E-state index contributed by atoms with van der Waals surface area (Å²) in [6, 6.07) is 14.3. The summed E-state index contributed by atoms with van der Waals surface area (Å²) in [5.74, 6) is -0.253. The fraction of sp³-hybridized carbons (Fsp3) is 0.188. The molecule has 0 saturated heterocycles. The van der Waals surface area contributed by atoms with Gasteiger partial charge in [0, 0.05) is 22.0 Å². The van der Waals surface area contributed by atoms with Crippen molar-refractivity contribution in [2.75, 3.05) is 12.8 Å². The lowest BCUT2D eigenvalue weighted by Gasteiger charge is -2.13. The highest BCUT2D eigenvalue weighted by molar-refractivity contribution is 7.98. The highest BCUT2D eigenvalue weighted by Gasteiger charge is 2.11. The largest absolute Gasteiger partial charge is 0.387 e. The molecule has 5 heteroatoms. The predicted octanol–water partition coefficient (Wildman–Crippen LogP) is 3.53. The number of hydrogen-bond donors (Lipinski definition) is 2. The van der Waals surface area contributed by atoms with Crippen molar-refractivity contribution in [3.63, 3.8) is 0 Å². The maximum atomic E-state index is 11.9. The summed E-state index contributed by atoms with van der Waals surface area (Å²) in [7, 11) is 0. The number of rotatable bonds is 5. The van der Waals surface area contributed by atoms with E-state index in [-0.39, 0.29) is 12.5 Å². The standard InChI is InChI=1S/C16H16ClNO2S/c1-21-14-7-5-11(6-8-14)15(19)10-18-16(20)12-3-2-4-13(17)9-12/h2-9,15,19H,10H2,1H3,(H,18,20)/t15-/m0/s1. The van der Waals surface area contributed by atoms with E-state index in [1.807, 2.05) is 30.5 Å². The molecule has 1 amide bonds. The zero-order valence-electron chi connectivity index (χ0n) is 11.5. The Morgan fingerprint density at radius 3 is 2.62 bits per heavy atom. The molecule has 0 aliphatic rings. The molecule has 110 valence electrons. The Balaban J connectivity index is 1.93. The number of benzene rings is 2. The van der Waals surface area contributed by atoms with Crippen molar-refractivity contribution in [1.82, 2.24) is 5.32 Å². The van der Waals surface area contributed by atoms with Gasteiger partial charge in [-0.15, -0.1) is 11.8 Å². The van der Waals surface area contributed by atoms with Crippen molar-refractivity contribution >= 4 is 29.3 Å². The molecule has 0 radical (unpaired) electrons. The van der Waals surface area contributed by atoms with Gasteiger partial charge in [0.1, 0.15) is 0 Å². The molecule has 0 aliphatic carbocycles. The molecular weight excluding hydrogens is 306 g/mol. The molecule has 0 fully saturated rings. The first-order valence-electron chi connectivity index (χ1n) is 6.46. The number of thioether (sulfide) groups is 1. The van der Waals surface area contributed by atoms with Crippen LogP contribution in [0.3, 0.4) is 0 Å². The summed E-state index contributed by atoms with van der Waals surface area (Å²) in [4.78, 5) is 13.1. The highest BCUT2D eigenvalue weighted by atomic mass is 35.5. The second-order valence-electron chi connectivity index (χ2n) is 4.51. The Morgan fingerprint density at radius 2 is 2.00 bits per heavy atom. The summed E-state index contributed by atoms with van der Waals surface area (Å²) in [6.07, 6.45) is 1.26. The molecular formula is C16H16ClNO2S. The van der Waals surface area contributed by atoms with Crippen LogP contribution < -0.4 is 5.32 Å². The number of carbonyl (C=O) groups is 1. The van der Waals surface area contributed by atoms with E-state index in [2.05, 4.69) is 5.32 Å². The van der Waals surface area contributed by atoms with Crippen LogP contribution in [0, 0.1) is 0 Å². The van der Waals surface area contributed by atoms with Gasteiger partial charge in [0.15, 0.2) is 0 Å². The average molecular weight is 322 g/mol. The van der Waals surface area contributed by atoms with Crippen molar-refractivity contribution in [3.8, 4) is 0 Å². The number of nitrogens with one attached hydrogen (secondary N) is 1. The Kier molecular flexibility index (Phi) is 5.67. The van der Waals surface area contributed by atoms with Crippen LogP contribution in [-0.2, 0) is 0 Å². The lowest BCUT2D eigenvalue weighted by atomic mass is 10.1. The van der Waals surface area contributed by atoms with E-state index in [0.29, 0.717) is 10.6 Å². The number of halogens is 1. The predicted molar refractivity (Wildman–Crippen MR) is 87.0 cm³/mol. The molecule has 0 unspecified atom stereocenters. The molecule has 2 aromatic rings. The van der Waals surface area contributed by atoms with Crippen molar-refractivity contribution in [3.05, 3.63) is 64.7 Å². The van der Waals surface area contributed by atoms with Crippen LogP contribution in [0.2, 0.25) is 5.02 Å². The quantitative estimate of drug-likeness (QED) is 0.828. The van der Waals surface area contributed by atoms with E-state index in [1.165, 1.54) is 0 Å². The smallest absolute Gasteiger partial charge is 0.251 e. The fourth-order valence-electron chi connectivity index (χ4n) is 1.87. The van der Waals surface area contributed by atoms with Gasteiger partial charge in [0.2, 0.25) is 0 Å². The third-order valence-corrected chi connectivity index (χ3v) is 4.02. The lowest BCUT2D eigenvalue weighted by Crippen LogP contribution is -2.28. The molecule has 0 aromatic heterocycles. The van der Waals surface area contributed by atoms with Crippen LogP contribution in [0.25, 0.3) is 0 Å². The van der Waals surface area contributed by atoms with Crippen LogP contribution in [0.15, 0.2) is 53.4 Å². The molecule has 21 heavy (non-hydrogen) atoms. The minimum atomic E-state index is -0.732. The van der Waals surface area contributed by atoms with Crippen molar-refractivity contribution in [2.24, 2.45) is 0 Å². The minimum absolute atomic E-state index is 0.157. The molecule has 0 heterocycles. The fourth-order valence-corrected chi connectivity index (χ4v) is 2.46. The second-order valence-corrected chi connectivity index (χ2v) is 5.83. The van der Waals surface area contributed by atoms with Crippen LogP contribution >= 0.6 is 23.4 Å². The Labute approximate surface area is 133 Å². The Hall–Kier alpha value is -1.49. The van der Waals surface area contributed by atoms with E-state index in [4.69, 9.17) is 11.6 Å². The summed E-state index contributed by atoms with van der Waals surface area (Å²) < 4.78 is 0. The van der Waals surface area contributed by atoms with Crippen molar-refractivity contribution in [2.45, 2.75) is 11.0 Å². The zero-order valence-corrected chi connectivity index (χ0v) is 13.1. The van der Waals surface area contributed by atoms with E-state index in [9.17, 15) is 9.90 Å². The Morgan fingerprint density at radius 1 is 1.29 bits per heavy atom. The minimum Gasteiger partial charge on any atom is -0.387 e. The summed E-state index contributed by atoms with van der Waals surface area (Å²) in [5.41, 5.74) is 1.26.